The number of hydrogen-bond donors (Lipinski definition) is 1. The minimum absolute atomic E-state index is 0.253. The Morgan fingerprint density at radius 1 is 1.11 bits per heavy atom. The molecule has 0 amide bonds. The monoisotopic (exact) mass is 245 g/mol. The van der Waals surface area contributed by atoms with Crippen LogP contribution in [0.2, 0.25) is 0 Å². The standard InChI is InChI=1S/C15H16FNO/c1-10-6-7-13(16)8-12(10)9-18-14-5-3-4-11(2)15(14)17/h3-8H,9,17H2,1-2H3. The minimum Gasteiger partial charge on any atom is -0.487 e. The summed E-state index contributed by atoms with van der Waals surface area (Å²) < 4.78 is 18.8. The summed E-state index contributed by atoms with van der Waals surface area (Å²) in [6.07, 6.45) is 0. The Labute approximate surface area is 106 Å². The molecule has 94 valence electrons. The third-order valence-corrected chi connectivity index (χ3v) is 2.98. The van der Waals surface area contributed by atoms with Crippen LogP contribution in [-0.2, 0) is 6.61 Å². The van der Waals surface area contributed by atoms with Crippen LogP contribution in [0.3, 0.4) is 0 Å². The van der Waals surface area contributed by atoms with E-state index in [1.807, 2.05) is 32.0 Å². The van der Waals surface area contributed by atoms with Crippen molar-refractivity contribution in [3.8, 4) is 5.75 Å². The van der Waals surface area contributed by atoms with Gasteiger partial charge in [0.1, 0.15) is 18.2 Å². The lowest BCUT2D eigenvalue weighted by Gasteiger charge is -2.12. The van der Waals surface area contributed by atoms with Gasteiger partial charge in [0.05, 0.1) is 5.69 Å². The SMILES string of the molecule is Cc1ccc(F)cc1COc1cccc(C)c1N. The topological polar surface area (TPSA) is 35.2 Å². The van der Waals surface area contributed by atoms with E-state index in [0.29, 0.717) is 18.0 Å². The Bertz CT molecular complexity index is 564. The predicted octanol–water partition coefficient (Wildman–Crippen LogP) is 3.60. The molecule has 2 aromatic rings. The smallest absolute Gasteiger partial charge is 0.142 e. The van der Waals surface area contributed by atoms with E-state index in [1.54, 1.807) is 6.07 Å². The summed E-state index contributed by atoms with van der Waals surface area (Å²) in [5.74, 6) is 0.384. The largest absolute Gasteiger partial charge is 0.487 e. The molecule has 0 saturated heterocycles. The van der Waals surface area contributed by atoms with Crippen molar-refractivity contribution in [1.29, 1.82) is 0 Å². The fraction of sp³-hybridized carbons (Fsp3) is 0.200. The molecule has 2 aromatic carbocycles. The van der Waals surface area contributed by atoms with Gasteiger partial charge < -0.3 is 10.5 Å². The van der Waals surface area contributed by atoms with E-state index in [1.165, 1.54) is 12.1 Å². The molecule has 2 nitrogen and oxygen atoms in total. The van der Waals surface area contributed by atoms with Gasteiger partial charge in [0.25, 0.3) is 0 Å². The van der Waals surface area contributed by atoms with Gasteiger partial charge in [0.2, 0.25) is 0 Å². The Morgan fingerprint density at radius 2 is 1.89 bits per heavy atom. The van der Waals surface area contributed by atoms with Gasteiger partial charge in [0.15, 0.2) is 0 Å². The van der Waals surface area contributed by atoms with Crippen molar-refractivity contribution >= 4 is 5.69 Å². The normalized spacial score (nSPS) is 10.4. The summed E-state index contributed by atoms with van der Waals surface area (Å²) in [5.41, 5.74) is 9.35. The zero-order valence-electron chi connectivity index (χ0n) is 10.5. The summed E-state index contributed by atoms with van der Waals surface area (Å²) in [5, 5.41) is 0. The maximum Gasteiger partial charge on any atom is 0.142 e. The van der Waals surface area contributed by atoms with Gasteiger partial charge in [0, 0.05) is 0 Å². The molecule has 18 heavy (non-hydrogen) atoms. The molecule has 2 rings (SSSR count). The third kappa shape index (κ3) is 2.62. The van der Waals surface area contributed by atoms with Crippen molar-refractivity contribution in [1.82, 2.24) is 0 Å². The Kier molecular flexibility index (Phi) is 3.51. The van der Waals surface area contributed by atoms with Crippen LogP contribution in [0.5, 0.6) is 5.75 Å². The number of nitrogens with two attached hydrogens (primary N) is 1. The highest BCUT2D eigenvalue weighted by molar-refractivity contribution is 5.57. The molecular weight excluding hydrogens is 229 g/mol. The number of para-hydroxylation sites is 1. The average Bonchev–Trinajstić information content (AvgIpc) is 2.35. The van der Waals surface area contributed by atoms with E-state index in [9.17, 15) is 4.39 Å². The zero-order valence-corrected chi connectivity index (χ0v) is 10.5. The lowest BCUT2D eigenvalue weighted by molar-refractivity contribution is 0.306. The molecule has 0 aromatic heterocycles. The highest BCUT2D eigenvalue weighted by Gasteiger charge is 2.05. The molecule has 0 unspecified atom stereocenters. The molecule has 0 bridgehead atoms. The summed E-state index contributed by atoms with van der Waals surface area (Å²) >= 11 is 0. The summed E-state index contributed by atoms with van der Waals surface area (Å²) in [6.45, 7) is 4.17. The van der Waals surface area contributed by atoms with Crippen molar-refractivity contribution in [2.75, 3.05) is 5.73 Å². The van der Waals surface area contributed by atoms with E-state index in [-0.39, 0.29) is 5.82 Å². The van der Waals surface area contributed by atoms with E-state index >= 15 is 0 Å². The lowest BCUT2D eigenvalue weighted by Crippen LogP contribution is -2.02. The molecule has 0 saturated carbocycles. The molecule has 0 spiro atoms. The van der Waals surface area contributed by atoms with Crippen LogP contribution in [0.4, 0.5) is 10.1 Å². The highest BCUT2D eigenvalue weighted by atomic mass is 19.1. The molecule has 0 fully saturated rings. The van der Waals surface area contributed by atoms with Crippen LogP contribution in [0, 0.1) is 19.7 Å². The minimum atomic E-state index is -0.253. The second kappa shape index (κ2) is 5.08. The number of halogens is 1. The van der Waals surface area contributed by atoms with Crippen LogP contribution < -0.4 is 10.5 Å². The van der Waals surface area contributed by atoms with Gasteiger partial charge in [-0.3, -0.25) is 0 Å². The second-order valence-corrected chi connectivity index (χ2v) is 4.35. The van der Waals surface area contributed by atoms with Crippen molar-refractivity contribution in [3.05, 3.63) is 58.9 Å². The molecule has 0 aliphatic rings. The fourth-order valence-corrected chi connectivity index (χ4v) is 1.73. The van der Waals surface area contributed by atoms with Crippen LogP contribution in [-0.4, -0.2) is 0 Å². The highest BCUT2D eigenvalue weighted by Crippen LogP contribution is 2.25. The molecule has 2 N–H and O–H groups in total. The first-order chi connectivity index (χ1) is 8.58. The van der Waals surface area contributed by atoms with Crippen molar-refractivity contribution in [3.63, 3.8) is 0 Å². The summed E-state index contributed by atoms with van der Waals surface area (Å²) in [4.78, 5) is 0. The number of anilines is 1. The zero-order chi connectivity index (χ0) is 13.1. The molecule has 3 heteroatoms. The van der Waals surface area contributed by atoms with Crippen LogP contribution in [0.1, 0.15) is 16.7 Å². The average molecular weight is 245 g/mol. The van der Waals surface area contributed by atoms with E-state index < -0.39 is 0 Å². The molecule has 0 aliphatic carbocycles. The van der Waals surface area contributed by atoms with Gasteiger partial charge in [-0.05, 0) is 48.7 Å². The second-order valence-electron chi connectivity index (χ2n) is 4.35. The van der Waals surface area contributed by atoms with Gasteiger partial charge in [-0.25, -0.2) is 4.39 Å². The first kappa shape index (κ1) is 12.4. The number of hydrogen-bond acceptors (Lipinski definition) is 2. The molecular formula is C15H16FNO. The number of benzene rings is 2. The van der Waals surface area contributed by atoms with E-state index in [0.717, 1.165) is 16.7 Å². The van der Waals surface area contributed by atoms with E-state index in [2.05, 4.69) is 0 Å². The van der Waals surface area contributed by atoms with Crippen LogP contribution in [0.15, 0.2) is 36.4 Å². The summed E-state index contributed by atoms with van der Waals surface area (Å²) in [6, 6.07) is 10.3. The predicted molar refractivity (Wildman–Crippen MR) is 71.1 cm³/mol. The van der Waals surface area contributed by atoms with Crippen molar-refractivity contribution < 1.29 is 9.13 Å². The Balaban J connectivity index is 2.16. The van der Waals surface area contributed by atoms with Gasteiger partial charge >= 0.3 is 0 Å². The maximum atomic E-state index is 13.1. The number of nitrogen functional groups attached to an aromatic ring is 1. The number of aryl methyl sites for hydroxylation is 2. The van der Waals surface area contributed by atoms with Crippen LogP contribution >= 0.6 is 0 Å². The van der Waals surface area contributed by atoms with Gasteiger partial charge in [-0.1, -0.05) is 18.2 Å². The fourth-order valence-electron chi connectivity index (χ4n) is 1.73. The van der Waals surface area contributed by atoms with Crippen molar-refractivity contribution in [2.45, 2.75) is 20.5 Å². The Hall–Kier alpha value is -2.03. The third-order valence-electron chi connectivity index (χ3n) is 2.98. The van der Waals surface area contributed by atoms with Crippen LogP contribution in [0.25, 0.3) is 0 Å². The maximum absolute atomic E-state index is 13.1. The Morgan fingerprint density at radius 3 is 2.67 bits per heavy atom. The molecule has 0 radical (unpaired) electrons. The molecule has 0 heterocycles. The number of rotatable bonds is 3. The first-order valence-electron chi connectivity index (χ1n) is 5.81. The number of ether oxygens (including phenoxy) is 1. The first-order valence-corrected chi connectivity index (χ1v) is 5.81. The van der Waals surface area contributed by atoms with Gasteiger partial charge in [-0.15, -0.1) is 0 Å². The van der Waals surface area contributed by atoms with Crippen molar-refractivity contribution in [2.24, 2.45) is 0 Å². The van der Waals surface area contributed by atoms with Gasteiger partial charge in [-0.2, -0.15) is 0 Å². The lowest BCUT2D eigenvalue weighted by atomic mass is 10.1. The summed E-state index contributed by atoms with van der Waals surface area (Å²) in [7, 11) is 0. The quantitative estimate of drug-likeness (QED) is 0.838. The van der Waals surface area contributed by atoms with E-state index in [4.69, 9.17) is 10.5 Å². The molecule has 0 atom stereocenters. The molecule has 0 aliphatic heterocycles.